The van der Waals surface area contributed by atoms with Crippen LogP contribution in [0.15, 0.2) is 30.3 Å². The fourth-order valence-electron chi connectivity index (χ4n) is 2.38. The molecule has 2 rings (SSSR count). The summed E-state index contributed by atoms with van der Waals surface area (Å²) in [6.45, 7) is 11.4. The van der Waals surface area contributed by atoms with Crippen LogP contribution in [0.2, 0.25) is 0 Å². The maximum Gasteiger partial charge on any atom is 0.476 e. The first kappa shape index (κ1) is 21.9. The van der Waals surface area contributed by atoms with Crippen LogP contribution in [-0.4, -0.2) is 41.4 Å². The average Bonchev–Trinajstić information content (AvgIpc) is 2.45. The number of amides is 1. The first-order valence-corrected chi connectivity index (χ1v) is 10.5. The molecular formula is C19H30NO6P. The van der Waals surface area contributed by atoms with Gasteiger partial charge < -0.3 is 9.64 Å². The van der Waals surface area contributed by atoms with Crippen LogP contribution in [0.1, 0.15) is 47.1 Å². The molecule has 0 atom stereocenters. The molecule has 1 aromatic carbocycles. The number of carbonyl (C=O) groups is 1. The first-order valence-electron chi connectivity index (χ1n) is 9.01. The van der Waals surface area contributed by atoms with Crippen LogP contribution in [0.3, 0.4) is 0 Å². The lowest BCUT2D eigenvalue weighted by Gasteiger charge is -2.40. The largest absolute Gasteiger partial charge is 0.476 e. The maximum absolute atomic E-state index is 13.0. The van der Waals surface area contributed by atoms with Gasteiger partial charge in [0.15, 0.2) is 0 Å². The molecule has 0 unspecified atom stereocenters. The Morgan fingerprint density at radius 3 is 2.04 bits per heavy atom. The highest BCUT2D eigenvalue weighted by molar-refractivity contribution is 7.48. The quantitative estimate of drug-likeness (QED) is 0.642. The molecule has 0 saturated carbocycles. The van der Waals surface area contributed by atoms with E-state index >= 15 is 0 Å². The van der Waals surface area contributed by atoms with Crippen molar-refractivity contribution in [3.63, 3.8) is 0 Å². The predicted molar refractivity (Wildman–Crippen MR) is 102 cm³/mol. The second-order valence-corrected chi connectivity index (χ2v) is 10.00. The van der Waals surface area contributed by atoms with Crippen LogP contribution in [0, 0.1) is 0 Å². The molecule has 0 bridgehead atoms. The van der Waals surface area contributed by atoms with Crippen molar-refractivity contribution in [2.45, 2.75) is 65.5 Å². The Kier molecular flexibility index (Phi) is 6.74. The van der Waals surface area contributed by atoms with Crippen molar-refractivity contribution in [2.75, 3.05) is 13.1 Å². The van der Waals surface area contributed by atoms with E-state index in [1.54, 1.807) is 41.5 Å². The third-order valence-electron chi connectivity index (χ3n) is 3.36. The van der Waals surface area contributed by atoms with Gasteiger partial charge in [0.1, 0.15) is 12.7 Å². The summed E-state index contributed by atoms with van der Waals surface area (Å²) < 4.78 is 35.1. The van der Waals surface area contributed by atoms with Crippen molar-refractivity contribution in [1.82, 2.24) is 4.90 Å². The molecule has 1 aliphatic rings. The number of nitrogens with zero attached hydrogens (tertiary/aromatic N) is 1. The number of phosphoric ester groups is 1. The molecule has 0 radical (unpaired) electrons. The summed E-state index contributed by atoms with van der Waals surface area (Å²) in [6.07, 6.45) is -0.855. The lowest BCUT2D eigenvalue weighted by atomic mass is 10.2. The van der Waals surface area contributed by atoms with Crippen LogP contribution in [0.5, 0.6) is 0 Å². The van der Waals surface area contributed by atoms with Crippen LogP contribution >= 0.6 is 7.82 Å². The third-order valence-corrected chi connectivity index (χ3v) is 5.46. The number of rotatable bonds is 6. The fourth-order valence-corrected chi connectivity index (χ4v) is 4.34. The zero-order chi connectivity index (χ0) is 20.3. The molecule has 0 N–H and O–H groups in total. The van der Waals surface area contributed by atoms with E-state index in [9.17, 15) is 9.36 Å². The van der Waals surface area contributed by atoms with Crippen molar-refractivity contribution >= 4 is 13.9 Å². The Labute approximate surface area is 161 Å². The van der Waals surface area contributed by atoms with Crippen molar-refractivity contribution in [2.24, 2.45) is 0 Å². The van der Waals surface area contributed by atoms with E-state index in [4.69, 9.17) is 18.3 Å². The summed E-state index contributed by atoms with van der Waals surface area (Å²) in [5.41, 5.74) is -0.474. The molecule has 1 amide bonds. The molecule has 27 heavy (non-hydrogen) atoms. The van der Waals surface area contributed by atoms with Gasteiger partial charge in [0.2, 0.25) is 0 Å². The maximum atomic E-state index is 13.0. The summed E-state index contributed by atoms with van der Waals surface area (Å²) in [7, 11) is -3.78. The number of hydrogen-bond donors (Lipinski definition) is 0. The molecular weight excluding hydrogens is 369 g/mol. The highest BCUT2D eigenvalue weighted by atomic mass is 31.2. The fraction of sp³-hybridized carbons (Fsp3) is 0.632. The number of carbonyl (C=O) groups excluding carboxylic acids is 1. The van der Waals surface area contributed by atoms with Crippen LogP contribution in [0.4, 0.5) is 4.79 Å². The summed E-state index contributed by atoms with van der Waals surface area (Å²) >= 11 is 0. The Bertz CT molecular complexity index is 654. The SMILES string of the molecule is CC(C)(C)OP(=O)(OC1CN(C(=O)OCc2ccccc2)C1)OC(C)(C)C. The number of ether oxygens (including phenoxy) is 1. The molecule has 1 aromatic rings. The molecule has 0 spiro atoms. The average molecular weight is 399 g/mol. The van der Waals surface area contributed by atoms with Gasteiger partial charge in [0.25, 0.3) is 0 Å². The molecule has 1 fully saturated rings. The van der Waals surface area contributed by atoms with Gasteiger partial charge in [-0.25, -0.2) is 9.36 Å². The molecule has 1 saturated heterocycles. The van der Waals surface area contributed by atoms with Gasteiger partial charge in [-0.05, 0) is 47.1 Å². The Morgan fingerprint density at radius 1 is 1.04 bits per heavy atom. The van der Waals surface area contributed by atoms with E-state index in [0.717, 1.165) is 5.56 Å². The van der Waals surface area contributed by atoms with Crippen molar-refractivity contribution < 1.29 is 27.7 Å². The zero-order valence-corrected chi connectivity index (χ0v) is 17.8. The van der Waals surface area contributed by atoms with Gasteiger partial charge in [-0.2, -0.15) is 0 Å². The van der Waals surface area contributed by atoms with Gasteiger partial charge in [0, 0.05) is 0 Å². The van der Waals surface area contributed by atoms with E-state index in [-0.39, 0.29) is 19.7 Å². The normalized spacial score (nSPS) is 16.1. The molecule has 8 heteroatoms. The lowest BCUT2D eigenvalue weighted by molar-refractivity contribution is -0.0475. The van der Waals surface area contributed by atoms with Crippen molar-refractivity contribution in [1.29, 1.82) is 0 Å². The van der Waals surface area contributed by atoms with E-state index in [2.05, 4.69) is 0 Å². The van der Waals surface area contributed by atoms with Crippen LogP contribution in [-0.2, 0) is 29.5 Å². The minimum atomic E-state index is -3.78. The van der Waals surface area contributed by atoms with Gasteiger partial charge >= 0.3 is 13.9 Å². The van der Waals surface area contributed by atoms with Gasteiger partial charge in [-0.3, -0.25) is 13.6 Å². The molecule has 1 aliphatic heterocycles. The third kappa shape index (κ3) is 7.62. The molecule has 1 heterocycles. The van der Waals surface area contributed by atoms with Crippen molar-refractivity contribution in [3.8, 4) is 0 Å². The first-order chi connectivity index (χ1) is 12.4. The summed E-state index contributed by atoms with van der Waals surface area (Å²) in [4.78, 5) is 13.6. The lowest BCUT2D eigenvalue weighted by Crippen LogP contribution is -2.54. The van der Waals surface area contributed by atoms with Gasteiger partial charge in [0.05, 0.1) is 24.3 Å². The van der Waals surface area contributed by atoms with Gasteiger partial charge in [-0.1, -0.05) is 30.3 Å². The Morgan fingerprint density at radius 2 is 1.56 bits per heavy atom. The van der Waals surface area contributed by atoms with E-state index in [0.29, 0.717) is 0 Å². The second kappa shape index (κ2) is 8.31. The smallest absolute Gasteiger partial charge is 0.445 e. The molecule has 0 aromatic heterocycles. The summed E-state index contributed by atoms with van der Waals surface area (Å²) in [5.74, 6) is 0. The highest BCUT2D eigenvalue weighted by Crippen LogP contribution is 2.56. The monoisotopic (exact) mass is 399 g/mol. The minimum Gasteiger partial charge on any atom is -0.445 e. The predicted octanol–water partition coefficient (Wildman–Crippen LogP) is 4.76. The Balaban J connectivity index is 1.85. The van der Waals surface area contributed by atoms with E-state index < -0.39 is 31.2 Å². The minimum absolute atomic E-state index is 0.209. The standard InChI is InChI=1S/C19H30NO6P/c1-18(2,3)25-27(22,26-19(4,5)6)24-16-12-20(13-16)17(21)23-14-15-10-8-7-9-11-15/h7-11,16H,12-14H2,1-6H3. The van der Waals surface area contributed by atoms with Crippen LogP contribution in [0.25, 0.3) is 0 Å². The number of hydrogen-bond acceptors (Lipinski definition) is 6. The van der Waals surface area contributed by atoms with Crippen molar-refractivity contribution in [3.05, 3.63) is 35.9 Å². The summed E-state index contributed by atoms with van der Waals surface area (Å²) in [5, 5.41) is 0. The number of likely N-dealkylation sites (tertiary alicyclic amines) is 1. The summed E-state index contributed by atoms with van der Waals surface area (Å²) in [6, 6.07) is 9.45. The van der Waals surface area contributed by atoms with E-state index in [1.165, 1.54) is 4.90 Å². The molecule has 7 nitrogen and oxygen atoms in total. The Hall–Kier alpha value is -1.40. The zero-order valence-electron chi connectivity index (χ0n) is 16.9. The molecule has 152 valence electrons. The van der Waals surface area contributed by atoms with Gasteiger partial charge in [-0.15, -0.1) is 0 Å². The number of benzene rings is 1. The molecule has 0 aliphatic carbocycles. The second-order valence-electron chi connectivity index (χ2n) is 8.53. The number of phosphoric acid groups is 1. The topological polar surface area (TPSA) is 74.3 Å². The van der Waals surface area contributed by atoms with Crippen LogP contribution < -0.4 is 0 Å². The highest BCUT2D eigenvalue weighted by Gasteiger charge is 2.43. The van der Waals surface area contributed by atoms with E-state index in [1.807, 2.05) is 30.3 Å².